The highest BCUT2D eigenvalue weighted by Gasteiger charge is 2.41. The molecule has 0 saturated heterocycles. The van der Waals surface area contributed by atoms with Crippen LogP contribution in [-0.2, 0) is 10.0 Å². The number of hydrogen-bond acceptors (Lipinski definition) is 2. The summed E-state index contributed by atoms with van der Waals surface area (Å²) in [5.41, 5.74) is 1.26. The highest BCUT2D eigenvalue weighted by atomic mass is 32.2. The second-order valence-corrected chi connectivity index (χ2v) is 6.68. The molecule has 1 fully saturated rings. The second kappa shape index (κ2) is 3.35. The summed E-state index contributed by atoms with van der Waals surface area (Å²) in [6.07, 6.45) is 3.77. The van der Waals surface area contributed by atoms with E-state index in [1.165, 1.54) is 5.57 Å². The summed E-state index contributed by atoms with van der Waals surface area (Å²) >= 11 is 0. The molecule has 14 heavy (non-hydrogen) atoms. The van der Waals surface area contributed by atoms with Crippen LogP contribution in [0.1, 0.15) is 26.7 Å². The van der Waals surface area contributed by atoms with Gasteiger partial charge in [0.15, 0.2) is 0 Å². The molecule has 0 radical (unpaired) electrons. The van der Waals surface area contributed by atoms with E-state index in [9.17, 15) is 8.42 Å². The predicted octanol–water partition coefficient (Wildman–Crippen LogP) is 1.38. The van der Waals surface area contributed by atoms with Crippen LogP contribution in [0.4, 0.5) is 0 Å². The average molecular weight is 215 g/mol. The third-order valence-electron chi connectivity index (χ3n) is 2.96. The van der Waals surface area contributed by atoms with E-state index in [-0.39, 0.29) is 5.25 Å². The Morgan fingerprint density at radius 2 is 2.07 bits per heavy atom. The van der Waals surface area contributed by atoms with E-state index in [1.54, 1.807) is 4.31 Å². The van der Waals surface area contributed by atoms with E-state index >= 15 is 0 Å². The van der Waals surface area contributed by atoms with Crippen LogP contribution in [0.15, 0.2) is 11.6 Å². The lowest BCUT2D eigenvalue weighted by Gasteiger charge is -2.16. The molecule has 0 spiro atoms. The van der Waals surface area contributed by atoms with E-state index < -0.39 is 10.0 Å². The van der Waals surface area contributed by atoms with Crippen LogP contribution < -0.4 is 0 Å². The Morgan fingerprint density at radius 1 is 1.43 bits per heavy atom. The lowest BCUT2D eigenvalue weighted by molar-refractivity contribution is 0.476. The molecule has 1 aliphatic carbocycles. The molecule has 80 valence electrons. The number of rotatable bonds is 3. The average Bonchev–Trinajstić information content (AvgIpc) is 2.82. The zero-order valence-electron chi connectivity index (χ0n) is 8.73. The Balaban J connectivity index is 2.04. The van der Waals surface area contributed by atoms with Crippen LogP contribution in [-0.4, -0.2) is 31.1 Å². The fourth-order valence-corrected chi connectivity index (χ4v) is 3.51. The van der Waals surface area contributed by atoms with Crippen LogP contribution in [0.25, 0.3) is 0 Å². The van der Waals surface area contributed by atoms with Crippen LogP contribution in [0, 0.1) is 5.92 Å². The monoisotopic (exact) mass is 215 g/mol. The molecule has 0 atom stereocenters. The quantitative estimate of drug-likeness (QED) is 0.667. The van der Waals surface area contributed by atoms with Crippen molar-refractivity contribution in [1.82, 2.24) is 4.31 Å². The topological polar surface area (TPSA) is 37.4 Å². The Hall–Kier alpha value is -0.350. The zero-order valence-corrected chi connectivity index (χ0v) is 9.55. The van der Waals surface area contributed by atoms with Crippen molar-refractivity contribution in [3.05, 3.63) is 11.6 Å². The zero-order chi connectivity index (χ0) is 10.3. The van der Waals surface area contributed by atoms with Gasteiger partial charge in [-0.05, 0) is 18.8 Å². The van der Waals surface area contributed by atoms with Gasteiger partial charge >= 0.3 is 0 Å². The molecule has 0 aromatic heterocycles. The van der Waals surface area contributed by atoms with Crippen molar-refractivity contribution in [2.24, 2.45) is 5.92 Å². The maximum Gasteiger partial charge on any atom is 0.217 e. The van der Waals surface area contributed by atoms with Crippen molar-refractivity contribution in [1.29, 1.82) is 0 Å². The summed E-state index contributed by atoms with van der Waals surface area (Å²) in [6.45, 7) is 5.43. The molecular formula is C10H17NO2S. The Morgan fingerprint density at radius 3 is 2.50 bits per heavy atom. The maximum atomic E-state index is 11.9. The summed E-state index contributed by atoms with van der Waals surface area (Å²) in [4.78, 5) is 0. The molecule has 2 rings (SSSR count). The van der Waals surface area contributed by atoms with E-state index in [0.717, 1.165) is 12.8 Å². The number of sulfonamides is 1. The van der Waals surface area contributed by atoms with Gasteiger partial charge in [-0.25, -0.2) is 8.42 Å². The first kappa shape index (κ1) is 10.2. The fourth-order valence-electron chi connectivity index (χ4n) is 1.74. The van der Waals surface area contributed by atoms with Gasteiger partial charge < -0.3 is 0 Å². The lowest BCUT2D eigenvalue weighted by Crippen LogP contribution is -2.32. The highest BCUT2D eigenvalue weighted by molar-refractivity contribution is 7.90. The van der Waals surface area contributed by atoms with Gasteiger partial charge in [0.05, 0.1) is 5.25 Å². The summed E-state index contributed by atoms with van der Waals surface area (Å²) in [5.74, 6) is 0.467. The molecule has 0 N–H and O–H groups in total. The minimum Gasteiger partial charge on any atom is -0.212 e. The van der Waals surface area contributed by atoms with Crippen molar-refractivity contribution in [3.8, 4) is 0 Å². The summed E-state index contributed by atoms with van der Waals surface area (Å²) < 4.78 is 25.3. The molecule has 0 aromatic rings. The van der Waals surface area contributed by atoms with Gasteiger partial charge in [0.1, 0.15) is 0 Å². The van der Waals surface area contributed by atoms with Crippen molar-refractivity contribution in [2.75, 3.05) is 13.1 Å². The summed E-state index contributed by atoms with van der Waals surface area (Å²) in [5, 5.41) is -0.0672. The third kappa shape index (κ3) is 1.73. The van der Waals surface area contributed by atoms with Gasteiger partial charge in [-0.2, -0.15) is 4.31 Å². The molecule has 1 heterocycles. The minimum absolute atomic E-state index is 0.0672. The lowest BCUT2D eigenvalue weighted by atomic mass is 10.1. The Labute approximate surface area is 85.8 Å². The normalized spacial score (nSPS) is 24.4. The van der Waals surface area contributed by atoms with Crippen molar-refractivity contribution in [2.45, 2.75) is 31.9 Å². The smallest absolute Gasteiger partial charge is 0.212 e. The SMILES string of the molecule is CC(C)C1=CCN(S(=O)(=O)C2CC2)C1. The standard InChI is InChI=1S/C10H17NO2S/c1-8(2)9-5-6-11(7-9)14(12,13)10-3-4-10/h5,8,10H,3-4,6-7H2,1-2H3. The molecule has 0 aromatic carbocycles. The van der Waals surface area contributed by atoms with Crippen molar-refractivity contribution >= 4 is 10.0 Å². The highest BCUT2D eigenvalue weighted by Crippen LogP contribution is 2.33. The maximum absolute atomic E-state index is 11.9. The van der Waals surface area contributed by atoms with Crippen molar-refractivity contribution in [3.63, 3.8) is 0 Å². The van der Waals surface area contributed by atoms with Crippen molar-refractivity contribution < 1.29 is 8.42 Å². The molecule has 1 aliphatic heterocycles. The second-order valence-electron chi connectivity index (χ2n) is 4.47. The first-order chi connectivity index (χ1) is 6.51. The summed E-state index contributed by atoms with van der Waals surface area (Å²) in [6, 6.07) is 0. The first-order valence-corrected chi connectivity index (χ1v) is 6.70. The van der Waals surface area contributed by atoms with E-state index in [2.05, 4.69) is 19.9 Å². The molecule has 3 nitrogen and oxygen atoms in total. The Kier molecular flexibility index (Phi) is 2.43. The van der Waals surface area contributed by atoms with Gasteiger partial charge in [0.2, 0.25) is 10.0 Å². The molecular weight excluding hydrogens is 198 g/mol. The van der Waals surface area contributed by atoms with E-state index in [0.29, 0.717) is 19.0 Å². The van der Waals surface area contributed by atoms with Crippen LogP contribution in [0.5, 0.6) is 0 Å². The van der Waals surface area contributed by atoms with Crippen LogP contribution in [0.2, 0.25) is 0 Å². The molecule has 2 aliphatic rings. The van der Waals surface area contributed by atoms with Gasteiger partial charge in [-0.1, -0.05) is 25.5 Å². The molecule has 0 unspecified atom stereocenters. The molecule has 4 heteroatoms. The van der Waals surface area contributed by atoms with Crippen LogP contribution in [0.3, 0.4) is 0 Å². The number of hydrogen-bond donors (Lipinski definition) is 0. The first-order valence-electron chi connectivity index (χ1n) is 5.19. The van der Waals surface area contributed by atoms with Crippen LogP contribution >= 0.6 is 0 Å². The largest absolute Gasteiger partial charge is 0.217 e. The minimum atomic E-state index is -2.95. The van der Waals surface area contributed by atoms with E-state index in [1.807, 2.05) is 0 Å². The van der Waals surface area contributed by atoms with Gasteiger partial charge in [0.25, 0.3) is 0 Å². The molecule has 0 bridgehead atoms. The molecule has 1 saturated carbocycles. The third-order valence-corrected chi connectivity index (χ3v) is 5.27. The van der Waals surface area contributed by atoms with Gasteiger partial charge in [-0.3, -0.25) is 0 Å². The molecule has 0 amide bonds. The van der Waals surface area contributed by atoms with Gasteiger partial charge in [0, 0.05) is 13.1 Å². The van der Waals surface area contributed by atoms with E-state index in [4.69, 9.17) is 0 Å². The number of nitrogens with zero attached hydrogens (tertiary/aromatic N) is 1. The fraction of sp³-hybridized carbons (Fsp3) is 0.800. The predicted molar refractivity (Wildman–Crippen MR) is 56.4 cm³/mol. The van der Waals surface area contributed by atoms with Gasteiger partial charge in [-0.15, -0.1) is 0 Å². The summed E-state index contributed by atoms with van der Waals surface area (Å²) in [7, 11) is -2.95. The Bertz CT molecular complexity index is 352.